The van der Waals surface area contributed by atoms with E-state index < -0.39 is 0 Å². The molecule has 13 heavy (non-hydrogen) atoms. The molecule has 2 unspecified atom stereocenters. The third-order valence-corrected chi connectivity index (χ3v) is 2.50. The van der Waals surface area contributed by atoms with Gasteiger partial charge in [0.15, 0.2) is 0 Å². The van der Waals surface area contributed by atoms with Gasteiger partial charge in [0.05, 0.1) is 6.04 Å². The predicted molar refractivity (Wildman–Crippen MR) is 53.4 cm³/mol. The minimum absolute atomic E-state index is 0.0405. The van der Waals surface area contributed by atoms with E-state index in [0.717, 1.165) is 19.5 Å². The van der Waals surface area contributed by atoms with E-state index in [1.165, 1.54) is 0 Å². The average molecular weight is 184 g/mol. The summed E-state index contributed by atoms with van der Waals surface area (Å²) in [5.41, 5.74) is 0. The molecule has 0 saturated carbocycles. The molecule has 1 aliphatic heterocycles. The zero-order chi connectivity index (χ0) is 9.84. The Labute approximate surface area is 80.3 Å². The fraction of sp³-hybridized carbons (Fsp3) is 0.900. The fourth-order valence-corrected chi connectivity index (χ4v) is 1.60. The maximum Gasteiger partial charge on any atom is 0.237 e. The van der Waals surface area contributed by atoms with E-state index in [1.54, 1.807) is 0 Å². The van der Waals surface area contributed by atoms with Crippen LogP contribution in [0.15, 0.2) is 0 Å². The van der Waals surface area contributed by atoms with Crippen LogP contribution in [0, 0.1) is 11.8 Å². The molecule has 1 heterocycles. The van der Waals surface area contributed by atoms with Crippen LogP contribution in [-0.4, -0.2) is 25.0 Å². The zero-order valence-electron chi connectivity index (χ0n) is 8.76. The van der Waals surface area contributed by atoms with Gasteiger partial charge >= 0.3 is 0 Å². The van der Waals surface area contributed by atoms with Gasteiger partial charge in [0.2, 0.25) is 5.91 Å². The molecule has 3 heteroatoms. The Kier molecular flexibility index (Phi) is 3.72. The second-order valence-corrected chi connectivity index (χ2v) is 4.34. The molecule has 3 nitrogen and oxygen atoms in total. The SMILES string of the molecule is CC(C)CNC(=O)C1NCCC1C. The third kappa shape index (κ3) is 2.99. The molecule has 1 aliphatic rings. The first-order chi connectivity index (χ1) is 6.11. The van der Waals surface area contributed by atoms with Crippen molar-refractivity contribution in [3.8, 4) is 0 Å². The zero-order valence-corrected chi connectivity index (χ0v) is 8.76. The van der Waals surface area contributed by atoms with Gasteiger partial charge in [0.1, 0.15) is 0 Å². The molecule has 0 aliphatic carbocycles. The maximum absolute atomic E-state index is 11.6. The van der Waals surface area contributed by atoms with Crippen LogP contribution in [-0.2, 0) is 4.79 Å². The Morgan fingerprint density at radius 3 is 2.77 bits per heavy atom. The highest BCUT2D eigenvalue weighted by atomic mass is 16.2. The van der Waals surface area contributed by atoms with E-state index in [9.17, 15) is 4.79 Å². The lowest BCUT2D eigenvalue weighted by Crippen LogP contribution is -2.44. The lowest BCUT2D eigenvalue weighted by Gasteiger charge is -2.16. The topological polar surface area (TPSA) is 41.1 Å². The van der Waals surface area contributed by atoms with Crippen molar-refractivity contribution in [1.82, 2.24) is 10.6 Å². The van der Waals surface area contributed by atoms with E-state index >= 15 is 0 Å². The van der Waals surface area contributed by atoms with Crippen LogP contribution in [0.1, 0.15) is 27.2 Å². The largest absolute Gasteiger partial charge is 0.354 e. The number of carbonyl (C=O) groups excluding carboxylic acids is 1. The van der Waals surface area contributed by atoms with Gasteiger partial charge in [0, 0.05) is 6.54 Å². The molecule has 1 saturated heterocycles. The maximum atomic E-state index is 11.6. The summed E-state index contributed by atoms with van der Waals surface area (Å²) in [6, 6.07) is 0.0405. The number of hydrogen-bond donors (Lipinski definition) is 2. The van der Waals surface area contributed by atoms with Crippen molar-refractivity contribution in [2.45, 2.75) is 33.2 Å². The van der Waals surface area contributed by atoms with Crippen molar-refractivity contribution in [3.63, 3.8) is 0 Å². The summed E-state index contributed by atoms with van der Waals surface area (Å²) in [5, 5.41) is 6.17. The third-order valence-electron chi connectivity index (χ3n) is 2.50. The second-order valence-electron chi connectivity index (χ2n) is 4.34. The van der Waals surface area contributed by atoms with Crippen LogP contribution in [0.5, 0.6) is 0 Å². The lowest BCUT2D eigenvalue weighted by molar-refractivity contribution is -0.123. The number of rotatable bonds is 3. The summed E-state index contributed by atoms with van der Waals surface area (Å²) in [6.45, 7) is 8.09. The summed E-state index contributed by atoms with van der Waals surface area (Å²) in [6.07, 6.45) is 1.11. The van der Waals surface area contributed by atoms with E-state index in [0.29, 0.717) is 11.8 Å². The van der Waals surface area contributed by atoms with E-state index in [1.807, 2.05) is 0 Å². The number of nitrogens with one attached hydrogen (secondary N) is 2. The van der Waals surface area contributed by atoms with Gasteiger partial charge in [-0.05, 0) is 24.8 Å². The Morgan fingerprint density at radius 2 is 2.31 bits per heavy atom. The Hall–Kier alpha value is -0.570. The Balaban J connectivity index is 2.30. The van der Waals surface area contributed by atoms with Crippen LogP contribution < -0.4 is 10.6 Å². The summed E-state index contributed by atoms with van der Waals surface area (Å²) in [5.74, 6) is 1.17. The van der Waals surface area contributed by atoms with Crippen molar-refractivity contribution in [3.05, 3.63) is 0 Å². The van der Waals surface area contributed by atoms with Crippen molar-refractivity contribution < 1.29 is 4.79 Å². The standard InChI is InChI=1S/C10H20N2O/c1-7(2)6-12-10(13)9-8(3)4-5-11-9/h7-9,11H,4-6H2,1-3H3,(H,12,13). The number of amides is 1. The molecular weight excluding hydrogens is 164 g/mol. The van der Waals surface area contributed by atoms with Crippen LogP contribution >= 0.6 is 0 Å². The highest BCUT2D eigenvalue weighted by molar-refractivity contribution is 5.82. The van der Waals surface area contributed by atoms with Gasteiger partial charge in [-0.15, -0.1) is 0 Å². The average Bonchev–Trinajstić information content (AvgIpc) is 2.47. The molecule has 1 rings (SSSR count). The van der Waals surface area contributed by atoms with Crippen molar-refractivity contribution >= 4 is 5.91 Å². The first kappa shape index (κ1) is 10.5. The molecule has 0 aromatic rings. The molecule has 0 aromatic carbocycles. The van der Waals surface area contributed by atoms with Crippen molar-refractivity contribution in [1.29, 1.82) is 0 Å². The fourth-order valence-electron chi connectivity index (χ4n) is 1.60. The summed E-state index contributed by atoms with van der Waals surface area (Å²) >= 11 is 0. The molecule has 0 radical (unpaired) electrons. The minimum Gasteiger partial charge on any atom is -0.354 e. The highest BCUT2D eigenvalue weighted by Crippen LogP contribution is 2.14. The molecule has 1 fully saturated rings. The molecule has 0 bridgehead atoms. The van der Waals surface area contributed by atoms with Crippen molar-refractivity contribution in [2.75, 3.05) is 13.1 Å². The summed E-state index contributed by atoms with van der Waals surface area (Å²) < 4.78 is 0. The molecule has 0 aromatic heterocycles. The predicted octanol–water partition coefficient (Wildman–Crippen LogP) is 0.757. The first-order valence-corrected chi connectivity index (χ1v) is 5.12. The number of carbonyl (C=O) groups is 1. The minimum atomic E-state index is 0.0405. The van der Waals surface area contributed by atoms with Gasteiger partial charge in [-0.3, -0.25) is 4.79 Å². The van der Waals surface area contributed by atoms with Gasteiger partial charge in [-0.1, -0.05) is 20.8 Å². The van der Waals surface area contributed by atoms with E-state index in [4.69, 9.17) is 0 Å². The van der Waals surface area contributed by atoms with Crippen LogP contribution in [0.4, 0.5) is 0 Å². The van der Waals surface area contributed by atoms with Gasteiger partial charge in [-0.25, -0.2) is 0 Å². The van der Waals surface area contributed by atoms with Crippen LogP contribution in [0.2, 0.25) is 0 Å². The molecule has 2 N–H and O–H groups in total. The molecule has 2 atom stereocenters. The van der Waals surface area contributed by atoms with Gasteiger partial charge in [-0.2, -0.15) is 0 Å². The smallest absolute Gasteiger partial charge is 0.237 e. The highest BCUT2D eigenvalue weighted by Gasteiger charge is 2.28. The Morgan fingerprint density at radius 1 is 1.62 bits per heavy atom. The lowest BCUT2D eigenvalue weighted by atomic mass is 10.0. The van der Waals surface area contributed by atoms with Gasteiger partial charge in [0.25, 0.3) is 0 Å². The summed E-state index contributed by atoms with van der Waals surface area (Å²) in [4.78, 5) is 11.6. The van der Waals surface area contributed by atoms with E-state index in [-0.39, 0.29) is 11.9 Å². The normalized spacial score (nSPS) is 28.0. The van der Waals surface area contributed by atoms with Crippen molar-refractivity contribution in [2.24, 2.45) is 11.8 Å². The molecule has 0 spiro atoms. The van der Waals surface area contributed by atoms with Gasteiger partial charge < -0.3 is 10.6 Å². The summed E-state index contributed by atoms with van der Waals surface area (Å²) in [7, 11) is 0. The Bertz CT molecular complexity index is 180. The number of hydrogen-bond acceptors (Lipinski definition) is 2. The second kappa shape index (κ2) is 4.61. The van der Waals surface area contributed by atoms with E-state index in [2.05, 4.69) is 31.4 Å². The monoisotopic (exact) mass is 184 g/mol. The molecule has 1 amide bonds. The first-order valence-electron chi connectivity index (χ1n) is 5.12. The quantitative estimate of drug-likeness (QED) is 0.680. The molecular formula is C10H20N2O. The van der Waals surface area contributed by atoms with Crippen LogP contribution in [0.3, 0.4) is 0 Å². The molecule has 76 valence electrons. The van der Waals surface area contributed by atoms with Crippen LogP contribution in [0.25, 0.3) is 0 Å².